The van der Waals surface area contributed by atoms with Crippen LogP contribution in [0.2, 0.25) is 0 Å². The molecule has 1 aliphatic heterocycles. The lowest BCUT2D eigenvalue weighted by molar-refractivity contribution is 0.637. The first-order chi connectivity index (χ1) is 14.4. The summed E-state index contributed by atoms with van der Waals surface area (Å²) in [5, 5.41) is 5.90. The first kappa shape index (κ1) is 18.9. The molecule has 3 aromatic heterocycles. The van der Waals surface area contributed by atoms with Crippen molar-refractivity contribution in [1.82, 2.24) is 19.6 Å². The molecular weight excluding hydrogens is 372 g/mol. The van der Waals surface area contributed by atoms with E-state index in [2.05, 4.69) is 72.8 Å². The average Bonchev–Trinajstić information content (AvgIpc) is 3.06. The van der Waals surface area contributed by atoms with E-state index in [0.717, 1.165) is 60.1 Å². The maximum atomic E-state index is 4.84. The number of hydrogen-bond donors (Lipinski definition) is 0. The van der Waals surface area contributed by atoms with E-state index in [-0.39, 0.29) is 0 Å². The Morgan fingerprint density at radius 1 is 0.733 bits per heavy atom. The number of hydrogen-bond acceptors (Lipinski definition) is 5. The van der Waals surface area contributed by atoms with Gasteiger partial charge in [-0.1, -0.05) is 17.7 Å². The van der Waals surface area contributed by atoms with Crippen molar-refractivity contribution in [3.63, 3.8) is 0 Å². The number of aryl methyl sites for hydroxylation is 5. The van der Waals surface area contributed by atoms with Crippen LogP contribution in [0.5, 0.6) is 0 Å². The van der Waals surface area contributed by atoms with Gasteiger partial charge in [-0.2, -0.15) is 4.52 Å². The van der Waals surface area contributed by atoms with Gasteiger partial charge in [-0.3, -0.25) is 0 Å². The molecule has 0 unspecified atom stereocenters. The number of fused-ring (bicyclic) bond motifs is 3. The average molecular weight is 401 g/mol. The molecule has 0 radical (unpaired) electrons. The summed E-state index contributed by atoms with van der Waals surface area (Å²) in [7, 11) is 0. The fraction of sp³-hybridized carbons (Fsp3) is 0.375. The number of nitrogens with zero attached hydrogens (tertiary/aromatic N) is 6. The highest BCUT2D eigenvalue weighted by Crippen LogP contribution is 2.28. The third kappa shape index (κ3) is 3.07. The van der Waals surface area contributed by atoms with Gasteiger partial charge in [-0.05, 0) is 57.9 Å². The van der Waals surface area contributed by atoms with E-state index in [1.165, 1.54) is 22.4 Å². The largest absolute Gasteiger partial charge is 0.368 e. The van der Waals surface area contributed by atoms with Crippen molar-refractivity contribution in [2.75, 3.05) is 36.0 Å². The fourth-order valence-corrected chi connectivity index (χ4v) is 4.69. The van der Waals surface area contributed by atoms with E-state index in [9.17, 15) is 0 Å². The van der Waals surface area contributed by atoms with Crippen LogP contribution >= 0.6 is 0 Å². The van der Waals surface area contributed by atoms with Gasteiger partial charge in [0.1, 0.15) is 5.82 Å². The lowest BCUT2D eigenvalue weighted by Crippen LogP contribution is -2.47. The normalized spacial score (nSPS) is 14.8. The third-order valence-electron chi connectivity index (χ3n) is 6.08. The quantitative estimate of drug-likeness (QED) is 0.506. The molecule has 0 N–H and O–H groups in total. The Morgan fingerprint density at radius 3 is 2.17 bits per heavy atom. The number of anilines is 2. The molecule has 0 bridgehead atoms. The van der Waals surface area contributed by atoms with Crippen LogP contribution in [-0.4, -0.2) is 45.8 Å². The zero-order chi connectivity index (χ0) is 21.0. The van der Waals surface area contributed by atoms with Crippen molar-refractivity contribution >= 4 is 28.2 Å². The van der Waals surface area contributed by atoms with Crippen LogP contribution in [0.3, 0.4) is 0 Å². The standard InChI is InChI=1S/C24H28N6/c1-15-6-7-20(16(2)12-15)28-8-10-29(11-9-28)21-14-19(5)26-24-22-17(3)13-18(4)25-23(22)27-30(21)24/h6-7,12-14H,8-11H2,1-5H3. The highest BCUT2D eigenvalue weighted by Gasteiger charge is 2.23. The Bertz CT molecular complexity index is 1260. The Kier molecular flexibility index (Phi) is 4.38. The minimum Gasteiger partial charge on any atom is -0.368 e. The molecule has 1 aromatic carbocycles. The lowest BCUT2D eigenvalue weighted by Gasteiger charge is -2.38. The summed E-state index contributed by atoms with van der Waals surface area (Å²) in [6.45, 7) is 14.4. The minimum atomic E-state index is 0.778. The van der Waals surface area contributed by atoms with Crippen molar-refractivity contribution in [1.29, 1.82) is 0 Å². The summed E-state index contributed by atoms with van der Waals surface area (Å²) in [4.78, 5) is 14.4. The summed E-state index contributed by atoms with van der Waals surface area (Å²) >= 11 is 0. The first-order valence-corrected chi connectivity index (χ1v) is 10.6. The second-order valence-electron chi connectivity index (χ2n) is 8.53. The summed E-state index contributed by atoms with van der Waals surface area (Å²) in [6.07, 6.45) is 0. The molecule has 0 spiro atoms. The molecule has 0 atom stereocenters. The Balaban J connectivity index is 1.50. The van der Waals surface area contributed by atoms with Gasteiger partial charge in [0.15, 0.2) is 11.3 Å². The highest BCUT2D eigenvalue weighted by molar-refractivity contribution is 5.93. The number of aromatic nitrogens is 4. The molecule has 6 nitrogen and oxygen atoms in total. The van der Waals surface area contributed by atoms with Crippen LogP contribution in [0.25, 0.3) is 16.7 Å². The number of benzene rings is 1. The summed E-state index contributed by atoms with van der Waals surface area (Å²) in [6, 6.07) is 11.0. The van der Waals surface area contributed by atoms with Crippen LogP contribution < -0.4 is 9.80 Å². The smallest absolute Gasteiger partial charge is 0.184 e. The van der Waals surface area contributed by atoms with Gasteiger partial charge in [-0.15, -0.1) is 5.10 Å². The van der Waals surface area contributed by atoms with E-state index in [4.69, 9.17) is 10.1 Å². The SMILES string of the molecule is Cc1ccc(N2CCN(c3cc(C)nc4c5c(C)cc(C)nc5nn34)CC2)c(C)c1. The maximum absolute atomic E-state index is 4.84. The van der Waals surface area contributed by atoms with Crippen molar-refractivity contribution in [3.05, 3.63) is 58.4 Å². The second-order valence-corrected chi connectivity index (χ2v) is 8.53. The van der Waals surface area contributed by atoms with Gasteiger partial charge in [0.05, 0.1) is 5.39 Å². The molecule has 4 heterocycles. The van der Waals surface area contributed by atoms with Crippen LogP contribution in [0.4, 0.5) is 11.5 Å². The van der Waals surface area contributed by atoms with Gasteiger partial charge in [-0.25, -0.2) is 9.97 Å². The Morgan fingerprint density at radius 2 is 1.43 bits per heavy atom. The molecule has 0 amide bonds. The number of piperazine rings is 1. The third-order valence-corrected chi connectivity index (χ3v) is 6.08. The molecule has 0 saturated carbocycles. The molecular formula is C24H28N6. The van der Waals surface area contributed by atoms with E-state index in [1.54, 1.807) is 0 Å². The van der Waals surface area contributed by atoms with Gasteiger partial charge in [0, 0.05) is 49.3 Å². The highest BCUT2D eigenvalue weighted by atomic mass is 15.4. The van der Waals surface area contributed by atoms with E-state index in [0.29, 0.717) is 0 Å². The molecule has 5 rings (SSSR count). The van der Waals surface area contributed by atoms with Crippen LogP contribution in [0.1, 0.15) is 28.1 Å². The van der Waals surface area contributed by atoms with E-state index < -0.39 is 0 Å². The summed E-state index contributed by atoms with van der Waals surface area (Å²) < 4.78 is 1.99. The van der Waals surface area contributed by atoms with Crippen molar-refractivity contribution in [3.8, 4) is 0 Å². The van der Waals surface area contributed by atoms with Gasteiger partial charge < -0.3 is 9.80 Å². The van der Waals surface area contributed by atoms with Crippen molar-refractivity contribution in [2.45, 2.75) is 34.6 Å². The maximum Gasteiger partial charge on any atom is 0.184 e. The molecule has 0 aliphatic carbocycles. The molecule has 1 aliphatic rings. The summed E-state index contributed by atoms with van der Waals surface area (Å²) in [5.41, 5.74) is 8.87. The number of rotatable bonds is 2. The molecule has 1 saturated heterocycles. The second kappa shape index (κ2) is 6.97. The Hall–Kier alpha value is -3.15. The van der Waals surface area contributed by atoms with Crippen LogP contribution in [-0.2, 0) is 0 Å². The molecule has 4 aromatic rings. The van der Waals surface area contributed by atoms with E-state index in [1.807, 2.05) is 11.4 Å². The zero-order valence-corrected chi connectivity index (χ0v) is 18.4. The zero-order valence-electron chi connectivity index (χ0n) is 18.4. The minimum absolute atomic E-state index is 0.778. The molecule has 6 heteroatoms. The Labute approximate surface area is 177 Å². The lowest BCUT2D eigenvalue weighted by atomic mass is 10.1. The van der Waals surface area contributed by atoms with Crippen LogP contribution in [0.15, 0.2) is 30.3 Å². The van der Waals surface area contributed by atoms with Crippen LogP contribution in [0, 0.1) is 34.6 Å². The van der Waals surface area contributed by atoms with Crippen molar-refractivity contribution in [2.24, 2.45) is 0 Å². The van der Waals surface area contributed by atoms with Gasteiger partial charge in [0.25, 0.3) is 0 Å². The molecule has 30 heavy (non-hydrogen) atoms. The first-order valence-electron chi connectivity index (χ1n) is 10.6. The predicted octanol–water partition coefficient (Wildman–Crippen LogP) is 4.15. The topological polar surface area (TPSA) is 49.6 Å². The predicted molar refractivity (Wildman–Crippen MR) is 123 cm³/mol. The molecule has 154 valence electrons. The van der Waals surface area contributed by atoms with E-state index >= 15 is 0 Å². The van der Waals surface area contributed by atoms with Crippen molar-refractivity contribution < 1.29 is 0 Å². The molecule has 1 fully saturated rings. The van der Waals surface area contributed by atoms with Gasteiger partial charge >= 0.3 is 0 Å². The number of pyridine rings is 1. The fourth-order valence-electron chi connectivity index (χ4n) is 4.69. The summed E-state index contributed by atoms with van der Waals surface area (Å²) in [5.74, 6) is 1.10. The monoisotopic (exact) mass is 400 g/mol. The van der Waals surface area contributed by atoms with Gasteiger partial charge in [0.2, 0.25) is 0 Å².